The summed E-state index contributed by atoms with van der Waals surface area (Å²) in [5.41, 5.74) is 2.94. The van der Waals surface area contributed by atoms with Crippen molar-refractivity contribution in [2.24, 2.45) is 4.99 Å². The van der Waals surface area contributed by atoms with E-state index in [9.17, 15) is 0 Å². The molecule has 24 heavy (non-hydrogen) atoms. The first-order chi connectivity index (χ1) is 11.4. The van der Waals surface area contributed by atoms with Gasteiger partial charge in [0.05, 0.1) is 44.8 Å². The van der Waals surface area contributed by atoms with E-state index in [-0.39, 0.29) is 5.41 Å². The van der Waals surface area contributed by atoms with Crippen molar-refractivity contribution in [2.75, 3.05) is 21.3 Å². The van der Waals surface area contributed by atoms with E-state index in [1.165, 1.54) is 0 Å². The third kappa shape index (κ3) is 2.52. The van der Waals surface area contributed by atoms with Crippen LogP contribution in [0.3, 0.4) is 0 Å². The topological polar surface area (TPSA) is 57.9 Å². The van der Waals surface area contributed by atoms with E-state index in [1.54, 1.807) is 21.3 Å². The number of rotatable bonds is 4. The van der Waals surface area contributed by atoms with Crippen molar-refractivity contribution in [1.29, 1.82) is 0 Å². The van der Waals surface area contributed by atoms with Crippen LogP contribution in [0.25, 0.3) is 0 Å². The highest BCUT2D eigenvalue weighted by Crippen LogP contribution is 2.41. The third-order valence-electron chi connectivity index (χ3n) is 4.09. The van der Waals surface area contributed by atoms with Crippen molar-refractivity contribution in [1.82, 2.24) is 9.78 Å². The molecule has 6 heteroatoms. The second kappa shape index (κ2) is 5.85. The van der Waals surface area contributed by atoms with E-state index in [2.05, 4.69) is 31.8 Å². The normalized spacial score (nSPS) is 13.5. The largest absolute Gasteiger partial charge is 0.493 e. The van der Waals surface area contributed by atoms with Crippen LogP contribution in [0.2, 0.25) is 0 Å². The Bertz CT molecular complexity index is 801. The van der Waals surface area contributed by atoms with Gasteiger partial charge in [-0.15, -0.1) is 0 Å². The Kier molecular flexibility index (Phi) is 3.99. The fourth-order valence-corrected chi connectivity index (χ4v) is 2.78. The Labute approximate surface area is 142 Å². The molecular weight excluding hydrogens is 306 g/mol. The van der Waals surface area contributed by atoms with Gasteiger partial charge in [0.25, 0.3) is 0 Å². The third-order valence-corrected chi connectivity index (χ3v) is 4.09. The number of methoxy groups -OCH3 is 3. The van der Waals surface area contributed by atoms with Gasteiger partial charge in [0, 0.05) is 5.41 Å². The van der Waals surface area contributed by atoms with Crippen molar-refractivity contribution in [2.45, 2.75) is 32.7 Å². The summed E-state index contributed by atoms with van der Waals surface area (Å²) in [6, 6.07) is 5.89. The number of benzene rings is 1. The Morgan fingerprint density at radius 1 is 1.00 bits per heavy atom. The average Bonchev–Trinajstić information content (AvgIpc) is 3.13. The van der Waals surface area contributed by atoms with Gasteiger partial charge in [-0.1, -0.05) is 20.8 Å². The minimum Gasteiger partial charge on any atom is -0.493 e. The number of hydrogen-bond acceptors (Lipinski definition) is 5. The standard InChI is InChI=1S/C18H23N3O3/c1-18(2,3)14-9-11-10-19-17(21(11)20-14)12-7-8-13(22-4)16(24-6)15(12)23-5/h7-9H,10H2,1-6H3. The smallest absolute Gasteiger partial charge is 0.204 e. The number of aromatic nitrogens is 2. The number of fused-ring (bicyclic) bond motifs is 1. The van der Waals surface area contributed by atoms with Crippen LogP contribution < -0.4 is 14.2 Å². The molecule has 0 saturated heterocycles. The van der Waals surface area contributed by atoms with E-state index >= 15 is 0 Å². The highest BCUT2D eigenvalue weighted by Gasteiger charge is 2.28. The summed E-state index contributed by atoms with van der Waals surface area (Å²) in [6.45, 7) is 7.06. The SMILES string of the molecule is COc1ccc(C2=NCc3cc(C(C)(C)C)nn32)c(OC)c1OC. The molecule has 1 aromatic carbocycles. The molecule has 0 amide bonds. The maximum Gasteiger partial charge on any atom is 0.204 e. The molecule has 2 aromatic rings. The highest BCUT2D eigenvalue weighted by molar-refractivity contribution is 6.04. The second-order valence-electron chi connectivity index (χ2n) is 6.70. The summed E-state index contributed by atoms with van der Waals surface area (Å²) in [5, 5.41) is 4.75. The first-order valence-corrected chi connectivity index (χ1v) is 7.84. The van der Waals surface area contributed by atoms with E-state index < -0.39 is 0 Å². The van der Waals surface area contributed by atoms with Crippen LogP contribution in [0, 0.1) is 0 Å². The Morgan fingerprint density at radius 2 is 1.71 bits per heavy atom. The summed E-state index contributed by atoms with van der Waals surface area (Å²) in [7, 11) is 4.81. The van der Waals surface area contributed by atoms with Crippen molar-refractivity contribution in [3.05, 3.63) is 35.2 Å². The zero-order valence-electron chi connectivity index (χ0n) is 15.0. The van der Waals surface area contributed by atoms with Gasteiger partial charge in [0.15, 0.2) is 17.3 Å². The van der Waals surface area contributed by atoms with Gasteiger partial charge in [-0.05, 0) is 18.2 Å². The summed E-state index contributed by atoms with van der Waals surface area (Å²) in [5.74, 6) is 2.53. The van der Waals surface area contributed by atoms with Crippen molar-refractivity contribution in [3.63, 3.8) is 0 Å². The molecule has 1 aromatic heterocycles. The molecule has 0 spiro atoms. The molecule has 0 atom stereocenters. The molecule has 0 fully saturated rings. The van der Waals surface area contributed by atoms with Crippen LogP contribution in [-0.4, -0.2) is 36.9 Å². The molecule has 3 rings (SSSR count). The quantitative estimate of drug-likeness (QED) is 0.865. The lowest BCUT2D eigenvalue weighted by Crippen LogP contribution is -2.17. The minimum absolute atomic E-state index is 0.00979. The molecule has 0 N–H and O–H groups in total. The molecule has 0 radical (unpaired) electrons. The lowest BCUT2D eigenvalue weighted by molar-refractivity contribution is 0.324. The van der Waals surface area contributed by atoms with E-state index in [4.69, 9.17) is 19.3 Å². The van der Waals surface area contributed by atoms with Gasteiger partial charge in [-0.3, -0.25) is 4.99 Å². The van der Waals surface area contributed by atoms with Crippen LogP contribution >= 0.6 is 0 Å². The van der Waals surface area contributed by atoms with E-state index in [0.717, 1.165) is 22.8 Å². The van der Waals surface area contributed by atoms with Gasteiger partial charge < -0.3 is 14.2 Å². The van der Waals surface area contributed by atoms with Gasteiger partial charge in [-0.2, -0.15) is 5.10 Å². The Balaban J connectivity index is 2.12. The Morgan fingerprint density at radius 3 is 2.29 bits per heavy atom. The van der Waals surface area contributed by atoms with Crippen LogP contribution in [0.15, 0.2) is 23.2 Å². The molecule has 0 unspecified atom stereocenters. The predicted molar refractivity (Wildman–Crippen MR) is 92.7 cm³/mol. The summed E-state index contributed by atoms with van der Waals surface area (Å²) in [6.07, 6.45) is 0. The van der Waals surface area contributed by atoms with Crippen LogP contribution in [0.5, 0.6) is 17.2 Å². The van der Waals surface area contributed by atoms with Gasteiger partial charge in [0.1, 0.15) is 0 Å². The molecule has 0 saturated carbocycles. The van der Waals surface area contributed by atoms with Gasteiger partial charge >= 0.3 is 0 Å². The fraction of sp³-hybridized carbons (Fsp3) is 0.444. The maximum atomic E-state index is 5.58. The molecule has 0 bridgehead atoms. The first-order valence-electron chi connectivity index (χ1n) is 7.84. The zero-order valence-corrected chi connectivity index (χ0v) is 15.0. The molecule has 1 aliphatic heterocycles. The van der Waals surface area contributed by atoms with Crippen LogP contribution in [0.1, 0.15) is 37.7 Å². The fourth-order valence-electron chi connectivity index (χ4n) is 2.78. The van der Waals surface area contributed by atoms with Crippen LogP contribution in [-0.2, 0) is 12.0 Å². The molecule has 2 heterocycles. The van der Waals surface area contributed by atoms with Gasteiger partial charge in [-0.25, -0.2) is 4.68 Å². The van der Waals surface area contributed by atoms with Crippen molar-refractivity contribution < 1.29 is 14.2 Å². The number of ether oxygens (including phenoxy) is 3. The lowest BCUT2D eigenvalue weighted by atomic mass is 9.92. The van der Waals surface area contributed by atoms with Crippen molar-refractivity contribution in [3.8, 4) is 17.2 Å². The van der Waals surface area contributed by atoms with Gasteiger partial charge in [0.2, 0.25) is 5.75 Å². The average molecular weight is 329 g/mol. The Hall–Kier alpha value is -2.50. The predicted octanol–water partition coefficient (Wildman–Crippen LogP) is 3.01. The summed E-state index contributed by atoms with van der Waals surface area (Å²) >= 11 is 0. The van der Waals surface area contributed by atoms with E-state index in [1.807, 2.05) is 16.8 Å². The van der Waals surface area contributed by atoms with Crippen LogP contribution in [0.4, 0.5) is 0 Å². The molecule has 0 aliphatic carbocycles. The maximum absolute atomic E-state index is 5.58. The monoisotopic (exact) mass is 329 g/mol. The first kappa shape index (κ1) is 16.4. The molecule has 128 valence electrons. The highest BCUT2D eigenvalue weighted by atomic mass is 16.5. The lowest BCUT2D eigenvalue weighted by Gasteiger charge is -2.17. The summed E-state index contributed by atoms with van der Waals surface area (Å²) < 4.78 is 18.3. The number of nitrogens with zero attached hydrogens (tertiary/aromatic N) is 3. The molecule has 1 aliphatic rings. The second-order valence-corrected chi connectivity index (χ2v) is 6.70. The molecular formula is C18H23N3O3. The van der Waals surface area contributed by atoms with Crippen molar-refractivity contribution >= 4 is 5.84 Å². The summed E-state index contributed by atoms with van der Waals surface area (Å²) in [4.78, 5) is 4.64. The zero-order chi connectivity index (χ0) is 17.5. The van der Waals surface area contributed by atoms with E-state index in [0.29, 0.717) is 23.8 Å². The minimum atomic E-state index is -0.00979. The molecule has 6 nitrogen and oxygen atoms in total. The number of aliphatic imine (C=N–C) groups is 1. The number of hydrogen-bond donors (Lipinski definition) is 0.